The number of carbonyl (C=O) groups is 2. The van der Waals surface area contributed by atoms with Gasteiger partial charge in [0.15, 0.2) is 0 Å². The van der Waals surface area contributed by atoms with Crippen molar-refractivity contribution in [2.45, 2.75) is 19.4 Å². The van der Waals surface area contributed by atoms with Crippen LogP contribution in [-0.2, 0) is 16.3 Å². The average molecular weight is 325 g/mol. The first-order valence-electron chi connectivity index (χ1n) is 7.33. The Kier molecular flexibility index (Phi) is 4.00. The summed E-state index contributed by atoms with van der Waals surface area (Å²) in [7, 11) is -2.55. The van der Waals surface area contributed by atoms with Crippen molar-refractivity contribution in [3.8, 4) is 0 Å². The fourth-order valence-corrected chi connectivity index (χ4v) is 4.98. The van der Waals surface area contributed by atoms with Gasteiger partial charge in [0.25, 0.3) is 11.8 Å². The highest BCUT2D eigenvalue weighted by Crippen LogP contribution is 2.21. The fraction of sp³-hybridized carbons (Fsp3) is 0.615. The minimum Gasteiger partial charge on any atom is -0.349 e. The molecule has 0 aromatic carbocycles. The van der Waals surface area contributed by atoms with Crippen LogP contribution >= 0.6 is 0 Å². The highest BCUT2D eigenvalue weighted by Gasteiger charge is 2.28. The Bertz CT molecular complexity index is 718. The first-order chi connectivity index (χ1) is 10.5. The second-order valence-corrected chi connectivity index (χ2v) is 8.19. The van der Waals surface area contributed by atoms with Crippen LogP contribution in [0.4, 0.5) is 0 Å². The lowest BCUT2D eigenvalue weighted by atomic mass is 10.0. The molecule has 0 saturated carbocycles. The van der Waals surface area contributed by atoms with Crippen molar-refractivity contribution in [3.63, 3.8) is 0 Å². The first kappa shape index (κ1) is 15.2. The number of amides is 2. The maximum atomic E-state index is 12.7. The quantitative estimate of drug-likeness (QED) is 0.767. The summed E-state index contributed by atoms with van der Waals surface area (Å²) in [4.78, 5) is 24.2. The van der Waals surface area contributed by atoms with E-state index in [1.165, 1.54) is 10.9 Å². The third kappa shape index (κ3) is 2.78. The molecule has 2 amide bonds. The molecule has 0 bridgehead atoms. The Morgan fingerprint density at radius 1 is 1.50 bits per heavy atom. The summed E-state index contributed by atoms with van der Waals surface area (Å²) in [5.41, 5.74) is 5.95. The third-order valence-corrected chi connectivity index (χ3v) is 6.41. The third-order valence-electron chi connectivity index (χ3n) is 4.17. The number of nitrogens with two attached hydrogens (primary N) is 1. The minimum absolute atomic E-state index is 0.126. The van der Waals surface area contributed by atoms with E-state index in [0.717, 1.165) is 12.8 Å². The van der Waals surface area contributed by atoms with Gasteiger partial charge in [0.05, 0.1) is 28.0 Å². The Balaban J connectivity index is 1.87. The summed E-state index contributed by atoms with van der Waals surface area (Å²) in [5, 5.41) is 6.70. The van der Waals surface area contributed by atoms with Gasteiger partial charge >= 0.3 is 0 Å². The SMILES string of the molecule is NCC1CCS(=O)(=NC(=O)c2cnn3c2C(=O)NCC3)CC1. The van der Waals surface area contributed by atoms with Crippen molar-refractivity contribution < 1.29 is 13.8 Å². The lowest BCUT2D eigenvalue weighted by Gasteiger charge is -2.22. The summed E-state index contributed by atoms with van der Waals surface area (Å²) < 4.78 is 18.1. The molecule has 22 heavy (non-hydrogen) atoms. The predicted octanol–water partition coefficient (Wildman–Crippen LogP) is -0.397. The molecule has 1 saturated heterocycles. The summed E-state index contributed by atoms with van der Waals surface area (Å²) in [6, 6.07) is 0. The summed E-state index contributed by atoms with van der Waals surface area (Å²) >= 11 is 0. The van der Waals surface area contributed by atoms with Gasteiger partial charge in [-0.05, 0) is 25.3 Å². The maximum absolute atomic E-state index is 12.7. The Morgan fingerprint density at radius 2 is 2.23 bits per heavy atom. The topological polar surface area (TPSA) is 119 Å². The number of carbonyl (C=O) groups excluding carboxylic acids is 2. The smallest absolute Gasteiger partial charge is 0.289 e. The number of fused-ring (bicyclic) bond motifs is 1. The maximum Gasteiger partial charge on any atom is 0.289 e. The molecule has 1 aromatic rings. The Labute approximate surface area is 128 Å². The van der Waals surface area contributed by atoms with Gasteiger partial charge in [-0.3, -0.25) is 14.3 Å². The van der Waals surface area contributed by atoms with Crippen molar-refractivity contribution in [2.75, 3.05) is 24.6 Å². The van der Waals surface area contributed by atoms with Gasteiger partial charge in [0.2, 0.25) is 0 Å². The van der Waals surface area contributed by atoms with Crippen molar-refractivity contribution in [1.29, 1.82) is 0 Å². The second kappa shape index (κ2) is 5.81. The molecular weight excluding hydrogens is 306 g/mol. The molecule has 0 spiro atoms. The van der Waals surface area contributed by atoms with Crippen LogP contribution in [0.2, 0.25) is 0 Å². The van der Waals surface area contributed by atoms with Gasteiger partial charge in [0, 0.05) is 18.1 Å². The zero-order chi connectivity index (χ0) is 15.7. The van der Waals surface area contributed by atoms with Gasteiger partial charge < -0.3 is 11.1 Å². The molecule has 0 radical (unpaired) electrons. The number of rotatable bonds is 2. The van der Waals surface area contributed by atoms with Crippen LogP contribution in [0.1, 0.15) is 33.7 Å². The number of nitrogens with one attached hydrogen (secondary N) is 1. The van der Waals surface area contributed by atoms with Crippen LogP contribution in [0, 0.1) is 5.92 Å². The van der Waals surface area contributed by atoms with Crippen LogP contribution in [0.5, 0.6) is 0 Å². The molecular formula is C13H19N5O3S. The number of hydrogen-bond donors (Lipinski definition) is 2. The molecule has 9 heteroatoms. The van der Waals surface area contributed by atoms with E-state index in [1.807, 2.05) is 0 Å². The van der Waals surface area contributed by atoms with Gasteiger partial charge in [0.1, 0.15) is 5.69 Å². The van der Waals surface area contributed by atoms with E-state index in [1.54, 1.807) is 0 Å². The first-order valence-corrected chi connectivity index (χ1v) is 9.18. The van der Waals surface area contributed by atoms with Crippen molar-refractivity contribution in [2.24, 2.45) is 16.0 Å². The molecule has 3 N–H and O–H groups in total. The van der Waals surface area contributed by atoms with E-state index in [9.17, 15) is 13.8 Å². The molecule has 1 aromatic heterocycles. The van der Waals surface area contributed by atoms with Crippen LogP contribution in [0.3, 0.4) is 0 Å². The molecule has 0 unspecified atom stereocenters. The highest BCUT2D eigenvalue weighted by atomic mass is 32.2. The molecule has 120 valence electrons. The van der Waals surface area contributed by atoms with E-state index < -0.39 is 15.6 Å². The van der Waals surface area contributed by atoms with Crippen molar-refractivity contribution >= 4 is 21.5 Å². The lowest BCUT2D eigenvalue weighted by Crippen LogP contribution is -2.36. The average Bonchev–Trinajstić information content (AvgIpc) is 2.93. The zero-order valence-electron chi connectivity index (χ0n) is 12.2. The molecule has 3 rings (SSSR count). The summed E-state index contributed by atoms with van der Waals surface area (Å²) in [6.07, 6.45) is 2.78. The summed E-state index contributed by atoms with van der Waals surface area (Å²) in [6.45, 7) is 1.57. The number of hydrogen-bond acceptors (Lipinski definition) is 5. The van der Waals surface area contributed by atoms with E-state index in [4.69, 9.17) is 5.73 Å². The monoisotopic (exact) mass is 325 g/mol. The molecule has 2 aliphatic rings. The zero-order valence-corrected chi connectivity index (χ0v) is 13.0. The van der Waals surface area contributed by atoms with E-state index >= 15 is 0 Å². The minimum atomic E-state index is -2.55. The van der Waals surface area contributed by atoms with E-state index in [2.05, 4.69) is 14.8 Å². The molecule has 2 aliphatic heterocycles. The molecule has 0 aliphatic carbocycles. The Morgan fingerprint density at radius 3 is 2.91 bits per heavy atom. The lowest BCUT2D eigenvalue weighted by molar-refractivity contribution is 0.0910. The fourth-order valence-electron chi connectivity index (χ4n) is 2.79. The van der Waals surface area contributed by atoms with Gasteiger partial charge in [-0.2, -0.15) is 9.46 Å². The molecule has 1 fully saturated rings. The molecule has 0 atom stereocenters. The molecule has 3 heterocycles. The largest absolute Gasteiger partial charge is 0.349 e. The van der Waals surface area contributed by atoms with E-state index in [0.29, 0.717) is 37.1 Å². The van der Waals surface area contributed by atoms with Gasteiger partial charge in [-0.15, -0.1) is 0 Å². The highest BCUT2D eigenvalue weighted by molar-refractivity contribution is 7.93. The predicted molar refractivity (Wildman–Crippen MR) is 81.0 cm³/mol. The van der Waals surface area contributed by atoms with Crippen molar-refractivity contribution in [3.05, 3.63) is 17.5 Å². The second-order valence-electron chi connectivity index (χ2n) is 5.64. The van der Waals surface area contributed by atoms with Crippen LogP contribution < -0.4 is 11.1 Å². The van der Waals surface area contributed by atoms with Gasteiger partial charge in [-0.1, -0.05) is 0 Å². The van der Waals surface area contributed by atoms with Gasteiger partial charge in [-0.25, -0.2) is 4.21 Å². The Hall–Kier alpha value is -1.74. The standard InChI is InChI=1S/C13H19N5O3S/c14-7-9-1-5-22(21,6-2-9)17-12(19)10-8-16-18-4-3-15-13(20)11(10)18/h8-9H,1-7,14H2,(H,15,20). The van der Waals surface area contributed by atoms with Crippen LogP contribution in [0.15, 0.2) is 10.6 Å². The van der Waals surface area contributed by atoms with Crippen molar-refractivity contribution in [1.82, 2.24) is 15.1 Å². The number of aromatic nitrogens is 2. The normalized spacial score (nSPS) is 27.9. The van der Waals surface area contributed by atoms with Crippen LogP contribution in [-0.4, -0.2) is 50.4 Å². The van der Waals surface area contributed by atoms with E-state index in [-0.39, 0.29) is 17.2 Å². The summed E-state index contributed by atoms with van der Waals surface area (Å²) in [5.74, 6) is 0.167. The van der Waals surface area contributed by atoms with Crippen LogP contribution in [0.25, 0.3) is 0 Å². The molecule has 8 nitrogen and oxygen atoms in total. The number of nitrogens with zero attached hydrogens (tertiary/aromatic N) is 3.